The van der Waals surface area contributed by atoms with Gasteiger partial charge in [-0.2, -0.15) is 0 Å². The second-order valence-electron chi connectivity index (χ2n) is 18.0. The van der Waals surface area contributed by atoms with Gasteiger partial charge in [-0.3, -0.25) is 0 Å². The highest BCUT2D eigenvalue weighted by Gasteiger charge is 2.37. The predicted octanol–water partition coefficient (Wildman–Crippen LogP) is 14.3. The molecule has 0 heteroatoms. The van der Waals surface area contributed by atoms with Crippen molar-refractivity contribution in [2.75, 3.05) is 0 Å². The van der Waals surface area contributed by atoms with Crippen molar-refractivity contribution in [3.8, 4) is 44.5 Å². The molecular weight excluding hydrogens is 625 g/mol. The molecule has 258 valence electrons. The fraction of sp³-hybridized carbons (Fsp3) is 0.269. The molecule has 0 atom stereocenters. The number of fused-ring (bicyclic) bond motifs is 9. The summed E-state index contributed by atoms with van der Waals surface area (Å²) < 4.78 is 0. The van der Waals surface area contributed by atoms with E-state index in [1.807, 2.05) is 0 Å². The SMILES string of the molecule is Cc1cc(C)cc(-c2c3c(c(C(C)(C)C)c4ccc5c(C(C)(C)C)c6c(c(-c7cc(C)cc(C)c7)c5c24)-c2ccccc2C6)Cc2ccccc2-3)c1. The number of hydrogen-bond acceptors (Lipinski definition) is 0. The maximum absolute atomic E-state index is 2.52. The molecule has 7 aromatic carbocycles. The largest absolute Gasteiger partial charge is 0.0619 e. The third kappa shape index (κ3) is 4.87. The first-order valence-corrected chi connectivity index (χ1v) is 19.2. The summed E-state index contributed by atoms with van der Waals surface area (Å²) in [7, 11) is 0. The Labute approximate surface area is 310 Å². The van der Waals surface area contributed by atoms with E-state index in [4.69, 9.17) is 0 Å². The molecule has 0 aliphatic heterocycles. The van der Waals surface area contributed by atoms with Crippen LogP contribution in [0.15, 0.2) is 97.1 Å². The van der Waals surface area contributed by atoms with Crippen LogP contribution < -0.4 is 0 Å². The molecule has 0 amide bonds. The van der Waals surface area contributed by atoms with Gasteiger partial charge in [-0.1, -0.05) is 161 Å². The summed E-state index contributed by atoms with van der Waals surface area (Å²) in [5, 5.41) is 5.62. The van der Waals surface area contributed by atoms with E-state index in [0.29, 0.717) is 0 Å². The summed E-state index contributed by atoms with van der Waals surface area (Å²) in [6.07, 6.45) is 1.94. The summed E-state index contributed by atoms with van der Waals surface area (Å²) in [6.45, 7) is 23.6. The van der Waals surface area contributed by atoms with Gasteiger partial charge in [-0.05, 0) is 151 Å². The zero-order valence-corrected chi connectivity index (χ0v) is 32.7. The van der Waals surface area contributed by atoms with E-state index in [9.17, 15) is 0 Å². The second-order valence-corrected chi connectivity index (χ2v) is 18.0. The molecule has 0 radical (unpaired) electrons. The first-order valence-electron chi connectivity index (χ1n) is 19.2. The molecular formula is C52H50. The summed E-state index contributed by atoms with van der Waals surface area (Å²) >= 11 is 0. The first kappa shape index (κ1) is 32.9. The van der Waals surface area contributed by atoms with Crippen molar-refractivity contribution in [2.24, 2.45) is 0 Å². The summed E-state index contributed by atoms with van der Waals surface area (Å²) in [5.41, 5.74) is 25.1. The van der Waals surface area contributed by atoms with Gasteiger partial charge in [0, 0.05) is 0 Å². The molecule has 9 rings (SSSR count). The summed E-state index contributed by atoms with van der Waals surface area (Å²) in [4.78, 5) is 0. The van der Waals surface area contributed by atoms with Crippen LogP contribution in [0.3, 0.4) is 0 Å². The molecule has 0 unspecified atom stereocenters. The molecule has 0 bridgehead atoms. The van der Waals surface area contributed by atoms with Crippen molar-refractivity contribution in [3.05, 3.63) is 153 Å². The van der Waals surface area contributed by atoms with Crippen LogP contribution in [0.1, 0.15) is 97.2 Å². The molecule has 0 N–H and O–H groups in total. The topological polar surface area (TPSA) is 0 Å². The minimum Gasteiger partial charge on any atom is -0.0619 e. The normalized spacial score (nSPS) is 13.4. The molecule has 0 saturated carbocycles. The average molecular weight is 675 g/mol. The average Bonchev–Trinajstić information content (AvgIpc) is 3.62. The zero-order chi connectivity index (χ0) is 36.4. The molecule has 0 heterocycles. The highest BCUT2D eigenvalue weighted by atomic mass is 14.4. The van der Waals surface area contributed by atoms with Crippen LogP contribution in [0.2, 0.25) is 0 Å². The van der Waals surface area contributed by atoms with Crippen molar-refractivity contribution in [1.29, 1.82) is 0 Å². The maximum Gasteiger partial charge on any atom is -0.00101 e. The molecule has 0 nitrogen and oxygen atoms in total. The van der Waals surface area contributed by atoms with Gasteiger partial charge in [0.15, 0.2) is 0 Å². The van der Waals surface area contributed by atoms with Crippen LogP contribution >= 0.6 is 0 Å². The third-order valence-corrected chi connectivity index (χ3v) is 11.8. The Kier molecular flexibility index (Phi) is 7.14. The second kappa shape index (κ2) is 11.3. The van der Waals surface area contributed by atoms with Crippen LogP contribution in [0.4, 0.5) is 0 Å². The molecule has 2 aliphatic carbocycles. The van der Waals surface area contributed by atoms with Gasteiger partial charge in [-0.15, -0.1) is 0 Å². The van der Waals surface area contributed by atoms with Crippen molar-refractivity contribution in [1.82, 2.24) is 0 Å². The van der Waals surface area contributed by atoms with Gasteiger partial charge in [0.25, 0.3) is 0 Å². The van der Waals surface area contributed by atoms with Gasteiger partial charge in [0.05, 0.1) is 0 Å². The molecule has 7 aromatic rings. The van der Waals surface area contributed by atoms with Gasteiger partial charge in [-0.25, -0.2) is 0 Å². The molecule has 0 fully saturated rings. The van der Waals surface area contributed by atoms with E-state index < -0.39 is 0 Å². The van der Waals surface area contributed by atoms with E-state index in [2.05, 4.69) is 166 Å². The monoisotopic (exact) mass is 674 g/mol. The minimum absolute atomic E-state index is 0.0601. The van der Waals surface area contributed by atoms with Gasteiger partial charge >= 0.3 is 0 Å². The van der Waals surface area contributed by atoms with Crippen molar-refractivity contribution in [2.45, 2.75) is 92.9 Å². The van der Waals surface area contributed by atoms with Crippen LogP contribution in [0, 0.1) is 27.7 Å². The van der Waals surface area contributed by atoms with Gasteiger partial charge < -0.3 is 0 Å². The Morgan fingerprint density at radius 3 is 1.10 bits per heavy atom. The molecule has 0 spiro atoms. The predicted molar refractivity (Wildman–Crippen MR) is 225 cm³/mol. The van der Waals surface area contributed by atoms with Crippen LogP contribution in [-0.2, 0) is 23.7 Å². The van der Waals surface area contributed by atoms with Crippen LogP contribution in [-0.4, -0.2) is 0 Å². The van der Waals surface area contributed by atoms with E-state index in [1.165, 1.54) is 122 Å². The highest BCUT2D eigenvalue weighted by Crippen LogP contribution is 2.58. The fourth-order valence-corrected chi connectivity index (χ4v) is 10.4. The van der Waals surface area contributed by atoms with Crippen molar-refractivity contribution >= 4 is 21.5 Å². The smallest absolute Gasteiger partial charge is 0.00101 e. The first-order chi connectivity index (χ1) is 24.7. The Hall–Kier alpha value is -4.94. The lowest BCUT2D eigenvalue weighted by molar-refractivity contribution is 0.590. The van der Waals surface area contributed by atoms with Crippen LogP contribution in [0.25, 0.3) is 66.1 Å². The quantitative estimate of drug-likeness (QED) is 0.160. The lowest BCUT2D eigenvalue weighted by Crippen LogP contribution is -2.17. The van der Waals surface area contributed by atoms with E-state index in [0.717, 1.165) is 12.8 Å². The number of rotatable bonds is 2. The Morgan fingerprint density at radius 1 is 0.404 bits per heavy atom. The van der Waals surface area contributed by atoms with E-state index >= 15 is 0 Å². The molecule has 0 aromatic heterocycles. The van der Waals surface area contributed by atoms with Gasteiger partial charge in [0.1, 0.15) is 0 Å². The number of aryl methyl sites for hydroxylation is 4. The lowest BCUT2D eigenvalue weighted by Gasteiger charge is -2.32. The van der Waals surface area contributed by atoms with E-state index in [1.54, 1.807) is 0 Å². The molecule has 0 saturated heterocycles. The zero-order valence-electron chi connectivity index (χ0n) is 32.7. The third-order valence-electron chi connectivity index (χ3n) is 11.8. The summed E-state index contributed by atoms with van der Waals surface area (Å²) in [6, 6.07) is 37.9. The van der Waals surface area contributed by atoms with Crippen molar-refractivity contribution < 1.29 is 0 Å². The van der Waals surface area contributed by atoms with Crippen LogP contribution in [0.5, 0.6) is 0 Å². The maximum atomic E-state index is 2.52. The Bertz CT molecular complexity index is 2440. The number of benzene rings is 7. The Morgan fingerprint density at radius 2 is 0.750 bits per heavy atom. The fourth-order valence-electron chi connectivity index (χ4n) is 10.4. The molecule has 2 aliphatic rings. The molecule has 52 heavy (non-hydrogen) atoms. The Balaban J connectivity index is 1.65. The van der Waals surface area contributed by atoms with Gasteiger partial charge in [0.2, 0.25) is 0 Å². The lowest BCUT2D eigenvalue weighted by atomic mass is 9.71. The number of hydrogen-bond donors (Lipinski definition) is 0. The van der Waals surface area contributed by atoms with Crippen molar-refractivity contribution in [3.63, 3.8) is 0 Å². The minimum atomic E-state index is -0.0601. The summed E-state index contributed by atoms with van der Waals surface area (Å²) in [5.74, 6) is 0. The van der Waals surface area contributed by atoms with E-state index in [-0.39, 0.29) is 10.8 Å². The standard InChI is InChI=1S/C52H50/c1-29-21-30(2)24-35(23-29)43-45-37-17-13-11-15-33(37)27-41(45)49(51(5,6)7)39-19-20-40-48(47(39)43)44(36-25-31(3)22-32(4)26-36)46-38-18-14-12-16-34(38)28-42(46)50(40)52(8,9)10/h11-26H,27-28H2,1-10H3. The highest BCUT2D eigenvalue weighted by molar-refractivity contribution is 6.27.